The lowest BCUT2D eigenvalue weighted by atomic mass is 9.91. The van der Waals surface area contributed by atoms with Crippen LogP contribution in [0.3, 0.4) is 0 Å². The molecular formula is C24H30N4O9S. The molecule has 2 N–H and O–H groups in total. The van der Waals surface area contributed by atoms with Gasteiger partial charge in [-0.05, 0) is 37.1 Å². The van der Waals surface area contributed by atoms with Crippen molar-refractivity contribution in [3.05, 3.63) is 24.3 Å². The van der Waals surface area contributed by atoms with Crippen molar-refractivity contribution in [1.82, 2.24) is 19.1 Å². The standard InChI is InChI=1S/C24H30N4O9S/c1-16(29)26-7-5-23(6-8-26)13-28-21(31)11-27(14-24(28,37-23)15-36-12-22(32)35-2)38(33,34)20-10-17-9-18(30)3-4-19(17)25-20/h3-4,9-10,25,30H,5-8,11-15H2,1-2H3. The van der Waals surface area contributed by atoms with Crippen LogP contribution in [0, 0.1) is 0 Å². The monoisotopic (exact) mass is 550 g/mol. The summed E-state index contributed by atoms with van der Waals surface area (Å²) in [6.07, 6.45) is 0.931. The first-order valence-corrected chi connectivity index (χ1v) is 13.6. The van der Waals surface area contributed by atoms with Crippen molar-refractivity contribution in [1.29, 1.82) is 0 Å². The smallest absolute Gasteiger partial charge is 0.331 e. The molecule has 2 aromatic rings. The summed E-state index contributed by atoms with van der Waals surface area (Å²) in [7, 11) is -2.97. The number of nitrogens with zero attached hydrogens (tertiary/aromatic N) is 3. The fraction of sp³-hybridized carbons (Fsp3) is 0.542. The van der Waals surface area contributed by atoms with Gasteiger partial charge in [-0.2, -0.15) is 4.31 Å². The topological polar surface area (TPSA) is 159 Å². The number of amides is 2. The maximum absolute atomic E-state index is 13.7. The third-order valence-corrected chi connectivity index (χ3v) is 9.19. The van der Waals surface area contributed by atoms with Crippen LogP contribution in [0.2, 0.25) is 0 Å². The number of methoxy groups -OCH3 is 1. The van der Waals surface area contributed by atoms with Crippen LogP contribution in [0.5, 0.6) is 5.75 Å². The maximum atomic E-state index is 13.7. The Balaban J connectivity index is 1.45. The third kappa shape index (κ3) is 4.61. The Hall–Kier alpha value is -3.20. The summed E-state index contributed by atoms with van der Waals surface area (Å²) in [5.74, 6) is -1.14. The van der Waals surface area contributed by atoms with Gasteiger partial charge >= 0.3 is 5.97 Å². The number of likely N-dealkylation sites (tertiary alicyclic amines) is 1. The van der Waals surface area contributed by atoms with E-state index >= 15 is 0 Å². The fourth-order valence-electron chi connectivity index (χ4n) is 5.46. The highest BCUT2D eigenvalue weighted by Crippen LogP contribution is 2.44. The van der Waals surface area contributed by atoms with Crippen LogP contribution in [0.25, 0.3) is 10.9 Å². The Morgan fingerprint density at radius 2 is 1.92 bits per heavy atom. The van der Waals surface area contributed by atoms with Gasteiger partial charge in [0.1, 0.15) is 17.4 Å². The molecule has 4 heterocycles. The van der Waals surface area contributed by atoms with Gasteiger partial charge in [0.25, 0.3) is 10.0 Å². The number of hydrogen-bond acceptors (Lipinski definition) is 9. The number of ether oxygens (including phenoxy) is 3. The average molecular weight is 551 g/mol. The molecule has 3 saturated heterocycles. The first kappa shape index (κ1) is 26.4. The minimum atomic E-state index is -4.19. The van der Waals surface area contributed by atoms with Crippen molar-refractivity contribution in [2.24, 2.45) is 0 Å². The minimum absolute atomic E-state index is 0.00794. The van der Waals surface area contributed by atoms with Crippen molar-refractivity contribution in [3.8, 4) is 5.75 Å². The second kappa shape index (κ2) is 9.52. The van der Waals surface area contributed by atoms with E-state index in [2.05, 4.69) is 9.72 Å². The SMILES string of the molecule is COC(=O)COCC12CN(S(=O)(=O)c3cc4cc(O)ccc4[nH]3)CC(=O)N1CC1(CCN(C(C)=O)CC1)O2. The molecule has 2 amide bonds. The molecular weight excluding hydrogens is 520 g/mol. The number of aromatic hydroxyl groups is 1. The second-order valence-electron chi connectivity index (χ2n) is 9.96. The molecule has 38 heavy (non-hydrogen) atoms. The van der Waals surface area contributed by atoms with E-state index in [1.54, 1.807) is 11.0 Å². The van der Waals surface area contributed by atoms with E-state index in [-0.39, 0.29) is 36.4 Å². The largest absolute Gasteiger partial charge is 0.508 e. The van der Waals surface area contributed by atoms with Gasteiger partial charge in [0.05, 0.1) is 39.0 Å². The first-order valence-electron chi connectivity index (χ1n) is 12.2. The molecule has 3 aliphatic rings. The van der Waals surface area contributed by atoms with Gasteiger partial charge in [0, 0.05) is 30.9 Å². The van der Waals surface area contributed by atoms with Crippen LogP contribution in [-0.2, 0) is 38.6 Å². The molecule has 13 nitrogen and oxygen atoms in total. The van der Waals surface area contributed by atoms with E-state index in [1.807, 2.05) is 0 Å². The summed E-state index contributed by atoms with van der Waals surface area (Å²) < 4.78 is 45.2. The summed E-state index contributed by atoms with van der Waals surface area (Å²) >= 11 is 0. The van der Waals surface area contributed by atoms with Gasteiger partial charge in [0.2, 0.25) is 11.8 Å². The molecule has 3 aliphatic heterocycles. The van der Waals surface area contributed by atoms with Crippen LogP contribution in [0.4, 0.5) is 0 Å². The minimum Gasteiger partial charge on any atom is -0.508 e. The molecule has 0 saturated carbocycles. The van der Waals surface area contributed by atoms with E-state index in [0.29, 0.717) is 36.8 Å². The zero-order valence-electron chi connectivity index (χ0n) is 21.1. The maximum Gasteiger partial charge on any atom is 0.331 e. The number of benzene rings is 1. The summed E-state index contributed by atoms with van der Waals surface area (Å²) in [4.78, 5) is 43.0. The number of piperidine rings is 1. The van der Waals surface area contributed by atoms with Crippen molar-refractivity contribution < 1.29 is 42.1 Å². The van der Waals surface area contributed by atoms with Crippen LogP contribution in [0.1, 0.15) is 19.8 Å². The Labute approximate surface area is 219 Å². The van der Waals surface area contributed by atoms with E-state index in [9.17, 15) is 27.9 Å². The van der Waals surface area contributed by atoms with Crippen molar-refractivity contribution in [3.63, 3.8) is 0 Å². The molecule has 206 valence electrons. The molecule has 0 bridgehead atoms. The number of esters is 1. The molecule has 1 aromatic heterocycles. The van der Waals surface area contributed by atoms with E-state index in [1.165, 1.54) is 37.1 Å². The van der Waals surface area contributed by atoms with Crippen molar-refractivity contribution in [2.75, 3.05) is 53.0 Å². The number of nitrogens with one attached hydrogen (secondary N) is 1. The summed E-state index contributed by atoms with van der Waals surface area (Å²) in [5, 5.41) is 10.1. The predicted octanol–water partition coefficient (Wildman–Crippen LogP) is 0.00360. The molecule has 1 atom stereocenters. The first-order chi connectivity index (χ1) is 18.0. The van der Waals surface area contributed by atoms with Gasteiger partial charge in [-0.25, -0.2) is 13.2 Å². The summed E-state index contributed by atoms with van der Waals surface area (Å²) in [5.41, 5.74) is -1.75. The van der Waals surface area contributed by atoms with Gasteiger partial charge in [-0.3, -0.25) is 9.59 Å². The molecule has 1 spiro atoms. The highest BCUT2D eigenvalue weighted by Gasteiger charge is 2.61. The number of carbonyl (C=O) groups excluding carboxylic acids is 3. The van der Waals surface area contributed by atoms with E-state index in [4.69, 9.17) is 9.47 Å². The number of H-pyrrole nitrogens is 1. The van der Waals surface area contributed by atoms with Gasteiger partial charge in [-0.1, -0.05) is 0 Å². The highest BCUT2D eigenvalue weighted by atomic mass is 32.2. The molecule has 3 fully saturated rings. The summed E-state index contributed by atoms with van der Waals surface area (Å²) in [6, 6.07) is 5.84. The molecule has 1 aromatic carbocycles. The van der Waals surface area contributed by atoms with Gasteiger partial charge < -0.3 is 34.1 Å². The molecule has 0 radical (unpaired) electrons. The number of aromatic nitrogens is 1. The van der Waals surface area contributed by atoms with E-state index < -0.39 is 46.4 Å². The molecule has 1 unspecified atom stereocenters. The van der Waals surface area contributed by atoms with Crippen LogP contribution in [-0.4, -0.2) is 115 Å². The quantitative estimate of drug-likeness (QED) is 0.472. The Kier molecular flexibility index (Phi) is 6.62. The van der Waals surface area contributed by atoms with Crippen molar-refractivity contribution >= 4 is 38.7 Å². The Morgan fingerprint density at radius 3 is 2.61 bits per heavy atom. The van der Waals surface area contributed by atoms with Gasteiger partial charge in [0.15, 0.2) is 5.72 Å². The van der Waals surface area contributed by atoms with Crippen LogP contribution < -0.4 is 0 Å². The normalized spacial score (nSPS) is 23.7. The molecule has 5 rings (SSSR count). The number of carbonyl (C=O) groups is 3. The number of hydrogen-bond donors (Lipinski definition) is 2. The van der Waals surface area contributed by atoms with Gasteiger partial charge in [-0.15, -0.1) is 0 Å². The summed E-state index contributed by atoms with van der Waals surface area (Å²) in [6.45, 7) is 1.34. The zero-order chi connectivity index (χ0) is 27.3. The number of sulfonamides is 1. The van der Waals surface area contributed by atoms with E-state index in [0.717, 1.165) is 4.31 Å². The molecule has 0 aliphatic carbocycles. The highest BCUT2D eigenvalue weighted by molar-refractivity contribution is 7.89. The van der Waals surface area contributed by atoms with Crippen LogP contribution >= 0.6 is 0 Å². The number of rotatable bonds is 6. The molecule has 14 heteroatoms. The average Bonchev–Trinajstić information content (AvgIpc) is 3.44. The van der Waals surface area contributed by atoms with Crippen LogP contribution in [0.15, 0.2) is 29.3 Å². The lowest BCUT2D eigenvalue weighted by molar-refractivity contribution is -0.202. The Morgan fingerprint density at radius 1 is 1.18 bits per heavy atom. The Bertz CT molecular complexity index is 1380. The number of phenolic OH excluding ortho intramolecular Hbond substituents is 1. The van der Waals surface area contributed by atoms with Crippen molar-refractivity contribution in [2.45, 2.75) is 36.1 Å². The second-order valence-corrected chi connectivity index (χ2v) is 11.9. The number of piperazine rings is 1. The zero-order valence-corrected chi connectivity index (χ0v) is 22.0. The number of aromatic amines is 1. The fourth-order valence-corrected chi connectivity index (χ4v) is 6.90. The lowest BCUT2D eigenvalue weighted by Crippen LogP contribution is -2.65. The number of fused-ring (bicyclic) bond motifs is 2. The third-order valence-electron chi connectivity index (χ3n) is 7.47. The predicted molar refractivity (Wildman–Crippen MR) is 131 cm³/mol. The lowest BCUT2D eigenvalue weighted by Gasteiger charge is -2.44. The number of phenols is 1.